The monoisotopic (exact) mass is 898 g/mol. The number of phenols is 3. The van der Waals surface area contributed by atoms with Gasteiger partial charge in [-0.15, -0.1) is 0 Å². The Morgan fingerprint density at radius 2 is 1.60 bits per heavy atom. The zero-order valence-corrected chi connectivity index (χ0v) is 38.4. The molecule has 4 aliphatic rings. The summed E-state index contributed by atoms with van der Waals surface area (Å²) in [5.74, 6) is -8.42. The highest BCUT2D eigenvalue weighted by atomic mass is 16.7. The number of piperazine rings is 1. The van der Waals surface area contributed by atoms with Crippen molar-refractivity contribution < 1.29 is 58.9 Å². The van der Waals surface area contributed by atoms with Crippen molar-refractivity contribution in [3.63, 3.8) is 0 Å². The van der Waals surface area contributed by atoms with Gasteiger partial charge in [0.1, 0.15) is 23.4 Å². The Morgan fingerprint density at radius 3 is 2.25 bits per heavy atom. The number of hydrazone groups is 1. The van der Waals surface area contributed by atoms with Gasteiger partial charge < -0.3 is 49.8 Å². The minimum atomic E-state index is -2.06. The molecule has 0 aliphatic carbocycles. The zero-order chi connectivity index (χ0) is 47.5. The standard InChI is InChI=1S/C49H62N4O12/c1-26-14-13-15-27(2)48(61)51-39-34(24-50-53-21-19-52(20-22-53)25-33-16-11-10-12-17-33)43(58)36-37(44(39)59)42(57)31(6)46-38(36)47(60)49(8,65-46)63-23-18-35(62-9)28(3)45(64-32(7)54)30(5)41(56)29(4)40(26)55/h10-18,23-24,26,28-30,35,40-41,45,55-59H,19-22,25H2,1-9H3,(H,51,61)/t26-,28+,29-,30-,35+,40-,41-,45+,49-/m0/s1. The predicted octanol–water partition coefficient (Wildman–Crippen LogP) is 5.91. The van der Waals surface area contributed by atoms with Gasteiger partial charge in [-0.1, -0.05) is 76.3 Å². The molecule has 0 radical (unpaired) electrons. The second kappa shape index (κ2) is 20.1. The Bertz CT molecular complexity index is 2390. The summed E-state index contributed by atoms with van der Waals surface area (Å²) in [4.78, 5) is 43.1. The summed E-state index contributed by atoms with van der Waals surface area (Å²) >= 11 is 0. The van der Waals surface area contributed by atoms with E-state index in [2.05, 4.69) is 27.5 Å². The van der Waals surface area contributed by atoms with Gasteiger partial charge in [0.15, 0.2) is 5.75 Å². The molecule has 0 aromatic heterocycles. The number of benzene rings is 3. The first-order valence-corrected chi connectivity index (χ1v) is 21.9. The molecular formula is C49H62N4O12. The van der Waals surface area contributed by atoms with Crippen molar-refractivity contribution in [1.82, 2.24) is 9.91 Å². The number of fused-ring (bicyclic) bond motifs is 14. The van der Waals surface area contributed by atoms with Crippen LogP contribution in [0.4, 0.5) is 5.69 Å². The Balaban J connectivity index is 1.46. The number of nitrogens with zero attached hydrogens (tertiary/aromatic N) is 3. The Hall–Kier alpha value is -5.94. The molecule has 16 nitrogen and oxygen atoms in total. The second-order valence-electron chi connectivity index (χ2n) is 17.6. The summed E-state index contributed by atoms with van der Waals surface area (Å²) in [5, 5.41) is 67.5. The number of methoxy groups -OCH3 is 1. The number of allylic oxidation sites excluding steroid dienone is 2. The number of phenolic OH excluding ortho intramolecular Hbond substituents is 3. The number of rotatable bonds is 6. The second-order valence-corrected chi connectivity index (χ2v) is 17.6. The van der Waals surface area contributed by atoms with Crippen molar-refractivity contribution in [3.05, 3.63) is 88.7 Å². The summed E-state index contributed by atoms with van der Waals surface area (Å²) in [7, 11) is 1.44. The maximum Gasteiger partial charge on any atom is 0.312 e. The molecule has 6 N–H and O–H groups in total. The van der Waals surface area contributed by atoms with E-state index in [1.807, 2.05) is 18.2 Å². The van der Waals surface area contributed by atoms with E-state index in [4.69, 9.17) is 18.9 Å². The number of carbonyl (C=O) groups excluding carboxylic acids is 3. The van der Waals surface area contributed by atoms with Crippen LogP contribution in [0.25, 0.3) is 10.8 Å². The van der Waals surface area contributed by atoms with Gasteiger partial charge in [0, 0.05) is 93.9 Å². The molecule has 3 aromatic carbocycles. The number of hydrogen-bond donors (Lipinski definition) is 6. The topological polar surface area (TPSA) is 220 Å². The Kier molecular flexibility index (Phi) is 15.0. The number of anilines is 1. The van der Waals surface area contributed by atoms with Crippen molar-refractivity contribution in [1.29, 1.82) is 0 Å². The van der Waals surface area contributed by atoms with Gasteiger partial charge in [-0.25, -0.2) is 0 Å². The van der Waals surface area contributed by atoms with E-state index in [0.29, 0.717) is 26.2 Å². The quantitative estimate of drug-likeness (QED) is 0.0734. The van der Waals surface area contributed by atoms with Crippen molar-refractivity contribution >= 4 is 40.3 Å². The molecule has 350 valence electrons. The van der Waals surface area contributed by atoms with E-state index in [1.165, 1.54) is 65.0 Å². The number of hydrogen-bond acceptors (Lipinski definition) is 15. The third kappa shape index (κ3) is 10.0. The summed E-state index contributed by atoms with van der Waals surface area (Å²) in [6, 6.07) is 10.1. The molecule has 3 aromatic rings. The summed E-state index contributed by atoms with van der Waals surface area (Å²) < 4.78 is 23.7. The third-order valence-corrected chi connectivity index (χ3v) is 13.0. The first-order chi connectivity index (χ1) is 30.8. The van der Waals surface area contributed by atoms with Crippen LogP contribution in [0.1, 0.15) is 75.5 Å². The fraction of sp³-hybridized carbons (Fsp3) is 0.469. The van der Waals surface area contributed by atoms with Crippen LogP contribution in [0.15, 0.2) is 71.6 Å². The maximum atomic E-state index is 14.6. The van der Waals surface area contributed by atoms with Gasteiger partial charge in [0.25, 0.3) is 11.7 Å². The molecule has 65 heavy (non-hydrogen) atoms. The Labute approximate surface area is 379 Å². The number of aliphatic hydroxyl groups is 2. The van der Waals surface area contributed by atoms with Crippen LogP contribution in [-0.4, -0.2) is 123 Å². The summed E-state index contributed by atoms with van der Waals surface area (Å²) in [6.07, 6.45) is 4.87. The molecule has 0 spiro atoms. The summed E-state index contributed by atoms with van der Waals surface area (Å²) in [5.41, 5.74) is 0.808. The molecule has 1 amide bonds. The van der Waals surface area contributed by atoms with Crippen molar-refractivity contribution in [2.75, 3.05) is 38.6 Å². The third-order valence-electron chi connectivity index (χ3n) is 13.0. The van der Waals surface area contributed by atoms with E-state index < -0.39 is 88.8 Å². The highest BCUT2D eigenvalue weighted by Gasteiger charge is 2.50. The van der Waals surface area contributed by atoms with E-state index >= 15 is 0 Å². The molecule has 7 rings (SSSR count). The number of nitrogens with one attached hydrogen (secondary N) is 1. The molecule has 4 heterocycles. The highest BCUT2D eigenvalue weighted by Crippen LogP contribution is 2.55. The zero-order valence-electron chi connectivity index (χ0n) is 38.4. The molecule has 1 saturated heterocycles. The maximum absolute atomic E-state index is 14.6. The van der Waals surface area contributed by atoms with Crippen molar-refractivity contribution in [3.8, 4) is 23.0 Å². The van der Waals surface area contributed by atoms with Crippen LogP contribution >= 0.6 is 0 Å². The minimum Gasteiger partial charge on any atom is -0.507 e. The Morgan fingerprint density at radius 1 is 0.923 bits per heavy atom. The largest absolute Gasteiger partial charge is 0.507 e. The summed E-state index contributed by atoms with van der Waals surface area (Å²) in [6.45, 7) is 15.8. The molecular weight excluding hydrogens is 837 g/mol. The van der Waals surface area contributed by atoms with Gasteiger partial charge in [-0.2, -0.15) is 5.10 Å². The molecule has 4 aliphatic heterocycles. The molecule has 1 fully saturated rings. The lowest BCUT2D eigenvalue weighted by molar-refractivity contribution is -0.160. The van der Waals surface area contributed by atoms with Crippen LogP contribution in [-0.2, 0) is 30.3 Å². The van der Waals surface area contributed by atoms with E-state index in [0.717, 1.165) is 6.54 Å². The van der Waals surface area contributed by atoms with Crippen molar-refractivity contribution in [2.45, 2.75) is 92.1 Å². The van der Waals surface area contributed by atoms with E-state index in [1.54, 1.807) is 44.9 Å². The van der Waals surface area contributed by atoms with E-state index in [-0.39, 0.29) is 44.5 Å². The van der Waals surface area contributed by atoms with Crippen LogP contribution in [0, 0.1) is 30.6 Å². The van der Waals surface area contributed by atoms with Gasteiger partial charge in [0.05, 0.1) is 53.0 Å². The number of ether oxygens (including phenoxy) is 4. The number of Topliss-reactive ketones (excluding diaryl/α,β-unsaturated/α-hetero) is 1. The fourth-order valence-electron chi connectivity index (χ4n) is 8.86. The number of carbonyl (C=O) groups is 3. The number of ketones is 1. The van der Waals surface area contributed by atoms with Gasteiger partial charge >= 0.3 is 11.8 Å². The SMILES string of the molecule is CO[C@@H]1C=CO[C@@]2(C)Oc3c(C)c(O)c4c(O)c(c(C=NN5CCN(Cc6ccccc6)CC5)c(O)c4c3C2=O)NC(=O)C(C)=CC=C[C@H](C)[C@H](O)[C@H](C)[C@H](O)[C@H](C)[C@H](OC(C)=O)[C@@H]1C. The fourth-order valence-corrected chi connectivity index (χ4v) is 8.86. The average molecular weight is 899 g/mol. The van der Waals surface area contributed by atoms with Crippen molar-refractivity contribution in [2.24, 2.45) is 28.8 Å². The lowest BCUT2D eigenvalue weighted by atomic mass is 9.78. The molecule has 16 heteroatoms. The molecule has 0 saturated carbocycles. The van der Waals surface area contributed by atoms with E-state index in [9.17, 15) is 39.9 Å². The predicted molar refractivity (Wildman–Crippen MR) is 245 cm³/mol. The number of aromatic hydroxyl groups is 3. The molecule has 5 bridgehead atoms. The van der Waals surface area contributed by atoms with Crippen LogP contribution in [0.3, 0.4) is 0 Å². The lowest BCUT2D eigenvalue weighted by Crippen LogP contribution is -2.46. The molecule has 0 unspecified atom stereocenters. The van der Waals surface area contributed by atoms with Gasteiger partial charge in [-0.3, -0.25) is 24.3 Å². The van der Waals surface area contributed by atoms with Crippen LogP contribution in [0.5, 0.6) is 23.0 Å². The first kappa shape index (κ1) is 48.5. The number of aliphatic hydroxyl groups excluding tert-OH is 2. The normalized spacial score (nSPS) is 28.4. The number of amides is 1. The lowest BCUT2D eigenvalue weighted by Gasteiger charge is -2.38. The minimum absolute atomic E-state index is 0.0522. The van der Waals surface area contributed by atoms with Crippen LogP contribution < -0.4 is 10.1 Å². The smallest absolute Gasteiger partial charge is 0.312 e. The van der Waals surface area contributed by atoms with Crippen LogP contribution in [0.2, 0.25) is 0 Å². The van der Waals surface area contributed by atoms with Gasteiger partial charge in [0.2, 0.25) is 0 Å². The highest BCUT2D eigenvalue weighted by molar-refractivity contribution is 6.23. The average Bonchev–Trinajstić information content (AvgIpc) is 3.55. The van der Waals surface area contributed by atoms with Gasteiger partial charge in [-0.05, 0) is 25.5 Å². The molecule has 9 atom stereocenters. The number of esters is 1. The first-order valence-electron chi connectivity index (χ1n) is 21.9.